The molecule has 0 bridgehead atoms. The van der Waals surface area contributed by atoms with E-state index in [4.69, 9.17) is 16.7 Å². The smallest absolute Gasteiger partial charge is 0.395 e. The molecule has 0 saturated carbocycles. The van der Waals surface area contributed by atoms with Gasteiger partial charge in [0.1, 0.15) is 0 Å². The second kappa shape index (κ2) is 8.21. The molecule has 8 heteroatoms. The molecule has 1 aromatic rings. The molecular weight excluding hydrogens is 309 g/mol. The number of carbonyl (C=O) groups excluding carboxylic acids is 1. The Labute approximate surface area is 125 Å². The lowest BCUT2D eigenvalue weighted by Gasteiger charge is -2.22. The van der Waals surface area contributed by atoms with Gasteiger partial charge in [-0.2, -0.15) is 13.2 Å². The van der Waals surface area contributed by atoms with Crippen LogP contribution in [0.15, 0.2) is 24.3 Å². The summed E-state index contributed by atoms with van der Waals surface area (Å²) in [5.74, 6) is -0.562. The predicted molar refractivity (Wildman–Crippen MR) is 72.9 cm³/mol. The van der Waals surface area contributed by atoms with Gasteiger partial charge < -0.3 is 10.4 Å². The van der Waals surface area contributed by atoms with Crippen molar-refractivity contribution in [2.45, 2.75) is 12.7 Å². The molecule has 0 atom stereocenters. The number of amides is 1. The maximum Gasteiger partial charge on any atom is 0.401 e. The maximum absolute atomic E-state index is 12.3. The Hall–Kier alpha value is -1.31. The number of benzene rings is 1. The van der Waals surface area contributed by atoms with Gasteiger partial charge in [0.15, 0.2) is 0 Å². The largest absolute Gasteiger partial charge is 0.401 e. The highest BCUT2D eigenvalue weighted by Crippen LogP contribution is 2.16. The molecule has 4 nitrogen and oxygen atoms in total. The summed E-state index contributed by atoms with van der Waals surface area (Å²) >= 11 is 5.91. The zero-order valence-corrected chi connectivity index (χ0v) is 11.9. The molecule has 1 aromatic carbocycles. The molecule has 0 radical (unpaired) electrons. The minimum absolute atomic E-state index is 0.136. The molecule has 0 aliphatic carbocycles. The lowest BCUT2D eigenvalue weighted by atomic mass is 10.2. The van der Waals surface area contributed by atoms with E-state index in [1.807, 2.05) is 0 Å². The second-order valence-corrected chi connectivity index (χ2v) is 4.82. The summed E-state index contributed by atoms with van der Waals surface area (Å²) in [5.41, 5.74) is 0.678. The number of nitrogens with zero attached hydrogens (tertiary/aromatic N) is 1. The van der Waals surface area contributed by atoms with Crippen molar-refractivity contribution in [3.05, 3.63) is 34.9 Å². The van der Waals surface area contributed by atoms with Crippen LogP contribution in [-0.2, 0) is 11.3 Å². The predicted octanol–water partition coefficient (Wildman–Crippen LogP) is 1.81. The Morgan fingerprint density at radius 2 is 2.00 bits per heavy atom. The number of nitrogens with one attached hydrogen (secondary N) is 1. The van der Waals surface area contributed by atoms with Gasteiger partial charge in [-0.15, -0.1) is 0 Å². The third kappa shape index (κ3) is 7.31. The van der Waals surface area contributed by atoms with Crippen molar-refractivity contribution in [3.63, 3.8) is 0 Å². The van der Waals surface area contributed by atoms with Crippen LogP contribution in [0.4, 0.5) is 13.2 Å². The van der Waals surface area contributed by atoms with Crippen LogP contribution in [0.2, 0.25) is 5.02 Å². The number of aliphatic hydroxyl groups excluding tert-OH is 1. The lowest BCUT2D eigenvalue weighted by molar-refractivity contribution is -0.149. The summed E-state index contributed by atoms with van der Waals surface area (Å²) in [6.45, 7) is -2.22. The Bertz CT molecular complexity index is 469. The van der Waals surface area contributed by atoms with Gasteiger partial charge >= 0.3 is 6.18 Å². The minimum atomic E-state index is -4.42. The maximum atomic E-state index is 12.3. The number of rotatable bonds is 7. The van der Waals surface area contributed by atoms with Crippen LogP contribution in [0.25, 0.3) is 0 Å². The number of aliphatic hydroxyl groups is 1. The monoisotopic (exact) mass is 324 g/mol. The summed E-state index contributed by atoms with van der Waals surface area (Å²) in [5, 5.41) is 11.7. The normalized spacial score (nSPS) is 11.7. The lowest BCUT2D eigenvalue weighted by Crippen LogP contribution is -2.43. The highest BCUT2D eigenvalue weighted by Gasteiger charge is 2.31. The van der Waals surface area contributed by atoms with Crippen molar-refractivity contribution in [1.82, 2.24) is 10.2 Å². The van der Waals surface area contributed by atoms with Crippen molar-refractivity contribution in [3.8, 4) is 0 Å². The van der Waals surface area contributed by atoms with Gasteiger partial charge in [-0.05, 0) is 11.6 Å². The fourth-order valence-corrected chi connectivity index (χ4v) is 1.91. The molecule has 0 aliphatic heterocycles. The summed E-state index contributed by atoms with van der Waals surface area (Å²) in [6.07, 6.45) is -4.42. The van der Waals surface area contributed by atoms with Crippen molar-refractivity contribution in [1.29, 1.82) is 0 Å². The van der Waals surface area contributed by atoms with E-state index in [1.165, 1.54) is 0 Å². The average Bonchev–Trinajstić information content (AvgIpc) is 2.36. The summed E-state index contributed by atoms with van der Waals surface area (Å²) in [4.78, 5) is 12.5. The van der Waals surface area contributed by atoms with E-state index in [1.54, 1.807) is 24.3 Å². The topological polar surface area (TPSA) is 52.6 Å². The first-order valence-corrected chi connectivity index (χ1v) is 6.59. The average molecular weight is 325 g/mol. The zero-order valence-electron chi connectivity index (χ0n) is 11.2. The summed E-state index contributed by atoms with van der Waals surface area (Å²) in [7, 11) is 0. The summed E-state index contributed by atoms with van der Waals surface area (Å²) < 4.78 is 36.9. The molecule has 0 saturated heterocycles. The molecule has 2 N–H and O–H groups in total. The first kappa shape index (κ1) is 17.7. The Kier molecular flexibility index (Phi) is 6.94. The molecule has 0 aliphatic rings. The number of halogens is 4. The highest BCUT2D eigenvalue weighted by atomic mass is 35.5. The number of alkyl halides is 3. The van der Waals surface area contributed by atoms with E-state index in [-0.39, 0.29) is 13.1 Å². The third-order valence-electron chi connectivity index (χ3n) is 2.62. The molecule has 0 unspecified atom stereocenters. The van der Waals surface area contributed by atoms with E-state index in [2.05, 4.69) is 5.32 Å². The minimum Gasteiger partial charge on any atom is -0.395 e. The van der Waals surface area contributed by atoms with Crippen molar-refractivity contribution in [2.24, 2.45) is 0 Å². The Morgan fingerprint density at radius 3 is 2.57 bits per heavy atom. The van der Waals surface area contributed by atoms with Crippen molar-refractivity contribution < 1.29 is 23.1 Å². The number of hydrogen-bond donors (Lipinski definition) is 2. The van der Waals surface area contributed by atoms with Gasteiger partial charge in [0.2, 0.25) is 5.91 Å². The zero-order chi connectivity index (χ0) is 15.9. The Balaban J connectivity index is 2.48. The fraction of sp³-hybridized carbons (Fsp3) is 0.462. The van der Waals surface area contributed by atoms with Crippen LogP contribution in [-0.4, -0.2) is 48.3 Å². The van der Waals surface area contributed by atoms with E-state index < -0.39 is 31.8 Å². The van der Waals surface area contributed by atoms with Gasteiger partial charge in [-0.1, -0.05) is 29.8 Å². The van der Waals surface area contributed by atoms with Gasteiger partial charge in [0, 0.05) is 18.1 Å². The van der Waals surface area contributed by atoms with E-state index in [0.717, 1.165) is 4.90 Å². The SMILES string of the molecule is O=C(CN(CCO)CC(F)(F)F)NCc1ccccc1Cl. The van der Waals surface area contributed by atoms with Crippen LogP contribution >= 0.6 is 11.6 Å². The third-order valence-corrected chi connectivity index (χ3v) is 2.99. The number of hydrogen-bond acceptors (Lipinski definition) is 3. The fourth-order valence-electron chi connectivity index (χ4n) is 1.70. The Morgan fingerprint density at radius 1 is 1.33 bits per heavy atom. The summed E-state index contributed by atoms with van der Waals surface area (Å²) in [6, 6.07) is 6.85. The van der Waals surface area contributed by atoms with Crippen molar-refractivity contribution >= 4 is 17.5 Å². The standard InChI is InChI=1S/C13H16ClF3N2O2/c14-11-4-2-1-3-10(11)7-18-12(21)8-19(5-6-20)9-13(15,16)17/h1-4,20H,5-9H2,(H,18,21). The van der Waals surface area contributed by atoms with Gasteiger partial charge in [-0.25, -0.2) is 0 Å². The van der Waals surface area contributed by atoms with E-state index >= 15 is 0 Å². The van der Waals surface area contributed by atoms with E-state index in [9.17, 15) is 18.0 Å². The van der Waals surface area contributed by atoms with Crippen molar-refractivity contribution in [2.75, 3.05) is 26.2 Å². The van der Waals surface area contributed by atoms with Crippen LogP contribution in [0, 0.1) is 0 Å². The quantitative estimate of drug-likeness (QED) is 0.804. The van der Waals surface area contributed by atoms with Gasteiger partial charge in [0.05, 0.1) is 19.7 Å². The molecule has 1 amide bonds. The van der Waals surface area contributed by atoms with Gasteiger partial charge in [0.25, 0.3) is 0 Å². The molecule has 0 spiro atoms. The van der Waals surface area contributed by atoms with Crippen LogP contribution in [0.1, 0.15) is 5.56 Å². The molecule has 118 valence electrons. The molecule has 0 aromatic heterocycles. The van der Waals surface area contributed by atoms with E-state index in [0.29, 0.717) is 10.6 Å². The van der Waals surface area contributed by atoms with Crippen LogP contribution in [0.5, 0.6) is 0 Å². The van der Waals surface area contributed by atoms with Crippen LogP contribution in [0.3, 0.4) is 0 Å². The molecule has 0 fully saturated rings. The first-order chi connectivity index (χ1) is 9.81. The second-order valence-electron chi connectivity index (χ2n) is 4.42. The van der Waals surface area contributed by atoms with Crippen LogP contribution < -0.4 is 5.32 Å². The molecule has 21 heavy (non-hydrogen) atoms. The molecular formula is C13H16ClF3N2O2. The number of carbonyl (C=O) groups is 1. The van der Waals surface area contributed by atoms with Gasteiger partial charge in [-0.3, -0.25) is 9.69 Å². The molecule has 0 heterocycles. The first-order valence-electron chi connectivity index (χ1n) is 6.22. The highest BCUT2D eigenvalue weighted by molar-refractivity contribution is 6.31. The molecule has 1 rings (SSSR count).